The van der Waals surface area contributed by atoms with Crippen LogP contribution in [0.5, 0.6) is 17.2 Å². The quantitative estimate of drug-likeness (QED) is 0.156. The summed E-state index contributed by atoms with van der Waals surface area (Å²) < 4.78 is 17.7. The molecule has 0 aliphatic carbocycles. The maximum Gasteiger partial charge on any atom is 0.262 e. The smallest absolute Gasteiger partial charge is 0.262 e. The Hall–Kier alpha value is -3.27. The number of amides is 2. The van der Waals surface area contributed by atoms with Crippen LogP contribution in [0, 0.1) is 12.8 Å². The van der Waals surface area contributed by atoms with Crippen LogP contribution in [-0.2, 0) is 16.2 Å². The molecule has 8 nitrogen and oxygen atoms in total. The van der Waals surface area contributed by atoms with Gasteiger partial charge in [-0.1, -0.05) is 61.3 Å². The highest BCUT2D eigenvalue weighted by molar-refractivity contribution is 9.10. The molecule has 2 amide bonds. The zero-order valence-corrected chi connectivity index (χ0v) is 26.3. The Morgan fingerprint density at radius 2 is 1.80 bits per heavy atom. The lowest BCUT2D eigenvalue weighted by atomic mass is 10.0. The second kappa shape index (κ2) is 15.7. The first kappa shape index (κ1) is 32.2. The van der Waals surface area contributed by atoms with E-state index in [0.29, 0.717) is 43.8 Å². The Morgan fingerprint density at radius 3 is 2.49 bits per heavy atom. The van der Waals surface area contributed by atoms with Crippen LogP contribution in [0.3, 0.4) is 0 Å². The van der Waals surface area contributed by atoms with Gasteiger partial charge in [0.25, 0.3) is 11.8 Å². The number of hydrazone groups is 1. The Kier molecular flexibility index (Phi) is 12.3. The molecule has 2 N–H and O–H groups in total. The predicted octanol–water partition coefficient (Wildman–Crippen LogP) is 6.71. The van der Waals surface area contributed by atoms with Gasteiger partial charge in [-0.05, 0) is 76.7 Å². The van der Waals surface area contributed by atoms with Crippen molar-refractivity contribution >= 4 is 57.2 Å². The number of carbonyl (C=O) groups is 2. The summed E-state index contributed by atoms with van der Waals surface area (Å²) in [5.41, 5.74) is 4.84. The Labute approximate surface area is 258 Å². The summed E-state index contributed by atoms with van der Waals surface area (Å²) in [6.07, 6.45) is 1.90. The lowest BCUT2D eigenvalue weighted by molar-refractivity contribution is -0.130. The van der Waals surface area contributed by atoms with E-state index in [1.807, 2.05) is 39.0 Å². The second-order valence-corrected chi connectivity index (χ2v) is 11.3. The van der Waals surface area contributed by atoms with E-state index in [0.717, 1.165) is 11.1 Å². The van der Waals surface area contributed by atoms with E-state index in [1.54, 1.807) is 36.4 Å². The summed E-state index contributed by atoms with van der Waals surface area (Å²) in [6.45, 7) is 5.82. The van der Waals surface area contributed by atoms with Gasteiger partial charge >= 0.3 is 0 Å². The fourth-order valence-corrected chi connectivity index (χ4v) is 4.83. The molecule has 1 atom stereocenters. The molecule has 0 heterocycles. The van der Waals surface area contributed by atoms with Crippen molar-refractivity contribution < 1.29 is 23.8 Å². The first-order valence-corrected chi connectivity index (χ1v) is 14.4. The minimum absolute atomic E-state index is 0.155. The number of benzene rings is 3. The van der Waals surface area contributed by atoms with Crippen LogP contribution in [0.25, 0.3) is 0 Å². The minimum Gasteiger partial charge on any atom is -0.493 e. The van der Waals surface area contributed by atoms with Crippen molar-refractivity contribution in [3.8, 4) is 17.2 Å². The molecule has 0 aromatic heterocycles. The van der Waals surface area contributed by atoms with Gasteiger partial charge in [0.15, 0.2) is 18.1 Å². The lowest BCUT2D eigenvalue weighted by Gasteiger charge is -2.19. The molecule has 0 unspecified atom stereocenters. The van der Waals surface area contributed by atoms with Crippen molar-refractivity contribution in [3.05, 3.63) is 85.8 Å². The monoisotopic (exact) mass is 663 g/mol. The van der Waals surface area contributed by atoms with Crippen molar-refractivity contribution in [1.82, 2.24) is 10.7 Å². The van der Waals surface area contributed by atoms with E-state index >= 15 is 0 Å². The van der Waals surface area contributed by atoms with E-state index in [4.69, 9.17) is 37.4 Å². The molecule has 3 aromatic rings. The summed E-state index contributed by atoms with van der Waals surface area (Å²) >= 11 is 15.7. The van der Waals surface area contributed by atoms with Gasteiger partial charge < -0.3 is 19.5 Å². The molecule has 0 saturated carbocycles. The first-order chi connectivity index (χ1) is 19.6. The number of nitrogens with zero attached hydrogens (tertiary/aromatic N) is 1. The molecule has 0 aliphatic heterocycles. The predicted molar refractivity (Wildman–Crippen MR) is 165 cm³/mol. The van der Waals surface area contributed by atoms with Crippen molar-refractivity contribution in [2.45, 2.75) is 39.8 Å². The van der Waals surface area contributed by atoms with Crippen molar-refractivity contribution in [3.63, 3.8) is 0 Å². The van der Waals surface area contributed by atoms with Gasteiger partial charge in [-0.15, -0.1) is 0 Å². The molecule has 0 saturated heterocycles. The van der Waals surface area contributed by atoms with Crippen molar-refractivity contribution in [1.29, 1.82) is 0 Å². The van der Waals surface area contributed by atoms with Crippen LogP contribution in [0.4, 0.5) is 0 Å². The summed E-state index contributed by atoms with van der Waals surface area (Å²) in [4.78, 5) is 25.4. The Bertz CT molecular complexity index is 1400. The lowest BCUT2D eigenvalue weighted by Crippen LogP contribution is -2.47. The molecule has 0 bridgehead atoms. The van der Waals surface area contributed by atoms with Crippen LogP contribution in [0.2, 0.25) is 10.0 Å². The third-order valence-corrected chi connectivity index (χ3v) is 7.01. The number of para-hydroxylation sites is 1. The highest BCUT2D eigenvalue weighted by Gasteiger charge is 2.22. The molecule has 11 heteroatoms. The normalized spacial score (nSPS) is 11.8. The highest BCUT2D eigenvalue weighted by atomic mass is 79.9. The molecule has 0 radical (unpaired) electrons. The molecule has 41 heavy (non-hydrogen) atoms. The van der Waals surface area contributed by atoms with E-state index in [2.05, 4.69) is 31.8 Å². The molecule has 3 aromatic carbocycles. The number of aryl methyl sites for hydroxylation is 1. The van der Waals surface area contributed by atoms with E-state index in [-0.39, 0.29) is 19.1 Å². The largest absolute Gasteiger partial charge is 0.493 e. The highest BCUT2D eigenvalue weighted by Crippen LogP contribution is 2.37. The first-order valence-electron chi connectivity index (χ1n) is 12.8. The van der Waals surface area contributed by atoms with Gasteiger partial charge in [0, 0.05) is 15.6 Å². The number of ether oxygens (including phenoxy) is 3. The van der Waals surface area contributed by atoms with Crippen LogP contribution in [-0.4, -0.2) is 37.8 Å². The number of methoxy groups -OCH3 is 1. The molecule has 3 rings (SSSR count). The SMILES string of the molecule is COc1cc(/C=N\NC(=O)[C@H](CC(C)C)NC(=O)COc2ccccc2C)cc(Br)c1OCc1ccc(Cl)cc1Cl. The number of carbonyl (C=O) groups excluding carboxylic acids is 2. The van der Waals surface area contributed by atoms with Gasteiger partial charge in [-0.3, -0.25) is 9.59 Å². The van der Waals surface area contributed by atoms with E-state index < -0.39 is 17.9 Å². The zero-order chi connectivity index (χ0) is 29.9. The number of hydrogen-bond acceptors (Lipinski definition) is 6. The van der Waals surface area contributed by atoms with Gasteiger partial charge in [0.05, 0.1) is 17.8 Å². The summed E-state index contributed by atoms with van der Waals surface area (Å²) in [6, 6.07) is 15.3. The number of rotatable bonds is 13. The molecular formula is C30H32BrCl2N3O5. The Balaban J connectivity index is 1.62. The van der Waals surface area contributed by atoms with Gasteiger partial charge in [-0.25, -0.2) is 5.43 Å². The third kappa shape index (κ3) is 9.95. The fourth-order valence-electron chi connectivity index (χ4n) is 3.79. The third-order valence-electron chi connectivity index (χ3n) is 5.84. The average Bonchev–Trinajstić information content (AvgIpc) is 2.92. The fraction of sp³-hybridized carbons (Fsp3) is 0.300. The zero-order valence-electron chi connectivity index (χ0n) is 23.2. The van der Waals surface area contributed by atoms with E-state index in [9.17, 15) is 9.59 Å². The van der Waals surface area contributed by atoms with Crippen LogP contribution < -0.4 is 25.0 Å². The molecule has 0 aliphatic rings. The summed E-state index contributed by atoms with van der Waals surface area (Å²) in [5.74, 6) is 0.863. The van der Waals surface area contributed by atoms with E-state index in [1.165, 1.54) is 13.3 Å². The molecule has 0 fully saturated rings. The number of hydrogen-bond donors (Lipinski definition) is 2. The Morgan fingerprint density at radius 1 is 1.05 bits per heavy atom. The molecule has 0 spiro atoms. The van der Waals surface area contributed by atoms with Crippen LogP contribution in [0.15, 0.2) is 64.2 Å². The standard InChI is InChI=1S/C30H32BrCl2N3O5/c1-18(2)11-25(35-28(37)17-40-26-8-6-5-7-19(26)3)30(38)36-34-15-20-12-23(31)29(27(13-20)39-4)41-16-21-9-10-22(32)14-24(21)33/h5-10,12-15,18,25H,11,16-17H2,1-4H3,(H,35,37)(H,36,38)/b34-15-/t25-/m0/s1. The summed E-state index contributed by atoms with van der Waals surface area (Å²) in [7, 11) is 1.52. The number of halogens is 3. The molecular weight excluding hydrogens is 633 g/mol. The van der Waals surface area contributed by atoms with Crippen molar-refractivity contribution in [2.24, 2.45) is 11.0 Å². The minimum atomic E-state index is -0.781. The van der Waals surface area contributed by atoms with Gasteiger partial charge in [0.1, 0.15) is 18.4 Å². The maximum atomic E-state index is 12.9. The molecule has 218 valence electrons. The van der Waals surface area contributed by atoms with Crippen LogP contribution in [0.1, 0.15) is 37.0 Å². The summed E-state index contributed by atoms with van der Waals surface area (Å²) in [5, 5.41) is 7.87. The van der Waals surface area contributed by atoms with Gasteiger partial charge in [0.2, 0.25) is 0 Å². The maximum absolute atomic E-state index is 12.9. The topological polar surface area (TPSA) is 98.2 Å². The van der Waals surface area contributed by atoms with Crippen molar-refractivity contribution in [2.75, 3.05) is 13.7 Å². The van der Waals surface area contributed by atoms with Gasteiger partial charge in [-0.2, -0.15) is 5.10 Å². The second-order valence-electron chi connectivity index (χ2n) is 9.60. The van der Waals surface area contributed by atoms with Crippen LogP contribution >= 0.6 is 39.1 Å². The number of nitrogens with one attached hydrogen (secondary N) is 2. The average molecular weight is 665 g/mol.